The molecule has 1 fully saturated rings. The third-order valence-corrected chi connectivity index (χ3v) is 4.43. The molecule has 0 aromatic heterocycles. The zero-order valence-corrected chi connectivity index (χ0v) is 13.8. The molecule has 1 aliphatic rings. The monoisotopic (exact) mass is 304 g/mol. The zero-order valence-electron chi connectivity index (χ0n) is 13.8. The Morgan fingerprint density at radius 2 is 1.77 bits per heavy atom. The third kappa shape index (κ3) is 5.04. The van der Waals surface area contributed by atoms with E-state index >= 15 is 0 Å². The van der Waals surface area contributed by atoms with Crippen LogP contribution in [0.25, 0.3) is 0 Å². The second-order valence-corrected chi connectivity index (χ2v) is 6.15. The van der Waals surface area contributed by atoms with E-state index in [1.54, 1.807) is 12.1 Å². The Balaban J connectivity index is 1.78. The van der Waals surface area contributed by atoms with Gasteiger partial charge in [-0.15, -0.1) is 0 Å². The van der Waals surface area contributed by atoms with Crippen LogP contribution < -0.4 is 4.74 Å². The molecule has 0 spiro atoms. The lowest BCUT2D eigenvalue weighted by Gasteiger charge is -2.28. The van der Waals surface area contributed by atoms with Crippen molar-refractivity contribution in [2.75, 3.05) is 6.61 Å². The van der Waals surface area contributed by atoms with Crippen molar-refractivity contribution in [1.82, 2.24) is 0 Å². The van der Waals surface area contributed by atoms with Crippen LogP contribution in [-0.2, 0) is 4.74 Å². The number of benzene rings is 1. The van der Waals surface area contributed by atoms with Gasteiger partial charge in [-0.2, -0.15) is 0 Å². The molecule has 0 aliphatic heterocycles. The first-order chi connectivity index (χ1) is 10.7. The molecular formula is C19H28O3. The maximum atomic E-state index is 12.2. The van der Waals surface area contributed by atoms with Gasteiger partial charge in [-0.3, -0.25) is 0 Å². The summed E-state index contributed by atoms with van der Waals surface area (Å²) in [6.45, 7) is 4.81. The van der Waals surface area contributed by atoms with Gasteiger partial charge in [0.2, 0.25) is 0 Å². The van der Waals surface area contributed by atoms with Crippen LogP contribution in [0.15, 0.2) is 24.3 Å². The highest BCUT2D eigenvalue weighted by atomic mass is 16.5. The van der Waals surface area contributed by atoms with E-state index in [0.29, 0.717) is 12.2 Å². The van der Waals surface area contributed by atoms with E-state index in [1.165, 1.54) is 32.1 Å². The topological polar surface area (TPSA) is 35.5 Å². The van der Waals surface area contributed by atoms with Crippen molar-refractivity contribution in [2.24, 2.45) is 5.92 Å². The fraction of sp³-hybridized carbons (Fsp3) is 0.632. The van der Waals surface area contributed by atoms with Crippen molar-refractivity contribution in [2.45, 2.75) is 64.9 Å². The summed E-state index contributed by atoms with van der Waals surface area (Å²) in [5.41, 5.74) is 0.608. The number of rotatable bonds is 7. The average Bonchev–Trinajstić information content (AvgIpc) is 2.55. The van der Waals surface area contributed by atoms with Gasteiger partial charge < -0.3 is 9.47 Å². The number of ether oxygens (including phenoxy) is 2. The second-order valence-electron chi connectivity index (χ2n) is 6.15. The first kappa shape index (κ1) is 16.9. The molecule has 0 heterocycles. The smallest absolute Gasteiger partial charge is 0.338 e. The fourth-order valence-electron chi connectivity index (χ4n) is 3.10. The van der Waals surface area contributed by atoms with Gasteiger partial charge in [0, 0.05) is 0 Å². The molecule has 2 rings (SSSR count). The van der Waals surface area contributed by atoms with E-state index in [0.717, 1.165) is 24.5 Å². The van der Waals surface area contributed by atoms with Gasteiger partial charge in [0.25, 0.3) is 0 Å². The summed E-state index contributed by atoms with van der Waals surface area (Å²) >= 11 is 0. The van der Waals surface area contributed by atoms with E-state index in [9.17, 15) is 4.79 Å². The summed E-state index contributed by atoms with van der Waals surface area (Å²) in [6, 6.07) is 7.20. The molecule has 1 saturated carbocycles. The number of hydrogen-bond donors (Lipinski definition) is 0. The fourth-order valence-corrected chi connectivity index (χ4v) is 3.10. The van der Waals surface area contributed by atoms with Crippen molar-refractivity contribution < 1.29 is 14.3 Å². The molecule has 0 atom stereocenters. The molecule has 1 aromatic rings. The number of esters is 1. The number of unbranched alkanes of at least 4 members (excludes halogenated alkanes) is 1. The minimum absolute atomic E-state index is 0.0944. The van der Waals surface area contributed by atoms with E-state index < -0.39 is 0 Å². The molecule has 0 saturated heterocycles. The molecule has 1 aliphatic carbocycles. The SMILES string of the molecule is CCCCC1CCC(OC(=O)c2ccc(OCC)cc2)CC1. The Morgan fingerprint density at radius 1 is 1.09 bits per heavy atom. The first-order valence-electron chi connectivity index (χ1n) is 8.66. The quantitative estimate of drug-likeness (QED) is 0.666. The van der Waals surface area contributed by atoms with Gasteiger partial charge >= 0.3 is 5.97 Å². The predicted octanol–water partition coefficient (Wildman–Crippen LogP) is 4.99. The summed E-state index contributed by atoms with van der Waals surface area (Å²) in [7, 11) is 0. The third-order valence-electron chi connectivity index (χ3n) is 4.43. The summed E-state index contributed by atoms with van der Waals surface area (Å²) in [5.74, 6) is 1.41. The Labute approximate surface area is 134 Å². The Morgan fingerprint density at radius 3 is 2.36 bits per heavy atom. The van der Waals surface area contributed by atoms with Gasteiger partial charge in [-0.1, -0.05) is 26.2 Å². The van der Waals surface area contributed by atoms with E-state index in [-0.39, 0.29) is 12.1 Å². The van der Waals surface area contributed by atoms with Crippen molar-refractivity contribution >= 4 is 5.97 Å². The zero-order chi connectivity index (χ0) is 15.8. The van der Waals surface area contributed by atoms with Crippen molar-refractivity contribution in [3.05, 3.63) is 29.8 Å². The molecule has 122 valence electrons. The molecule has 1 aromatic carbocycles. The average molecular weight is 304 g/mol. The van der Waals surface area contributed by atoms with Crippen LogP contribution in [0.5, 0.6) is 5.75 Å². The van der Waals surface area contributed by atoms with Crippen LogP contribution in [0.2, 0.25) is 0 Å². The van der Waals surface area contributed by atoms with Gasteiger partial charge in [-0.05, 0) is 62.8 Å². The highest BCUT2D eigenvalue weighted by molar-refractivity contribution is 5.89. The number of carbonyl (C=O) groups is 1. The maximum absolute atomic E-state index is 12.2. The minimum atomic E-state index is -0.208. The molecule has 0 radical (unpaired) electrons. The number of carbonyl (C=O) groups excluding carboxylic acids is 1. The van der Waals surface area contributed by atoms with Crippen LogP contribution in [0.1, 0.15) is 69.2 Å². The Hall–Kier alpha value is -1.51. The van der Waals surface area contributed by atoms with Gasteiger partial charge in [-0.25, -0.2) is 4.79 Å². The van der Waals surface area contributed by atoms with Crippen LogP contribution in [0, 0.1) is 5.92 Å². The van der Waals surface area contributed by atoms with Crippen molar-refractivity contribution in [3.63, 3.8) is 0 Å². The summed E-state index contributed by atoms with van der Waals surface area (Å²) in [5, 5.41) is 0. The summed E-state index contributed by atoms with van der Waals surface area (Å²) in [6.07, 6.45) is 8.43. The molecule has 3 nitrogen and oxygen atoms in total. The molecule has 0 bridgehead atoms. The Kier molecular flexibility index (Phi) is 6.75. The molecular weight excluding hydrogens is 276 g/mol. The lowest BCUT2D eigenvalue weighted by atomic mass is 9.84. The van der Waals surface area contributed by atoms with Gasteiger partial charge in [0.1, 0.15) is 11.9 Å². The maximum Gasteiger partial charge on any atom is 0.338 e. The highest BCUT2D eigenvalue weighted by Gasteiger charge is 2.24. The van der Waals surface area contributed by atoms with Crippen LogP contribution in [0.4, 0.5) is 0 Å². The van der Waals surface area contributed by atoms with Crippen LogP contribution in [0.3, 0.4) is 0 Å². The lowest BCUT2D eigenvalue weighted by molar-refractivity contribution is 0.0161. The number of hydrogen-bond acceptors (Lipinski definition) is 3. The summed E-state index contributed by atoms with van der Waals surface area (Å²) < 4.78 is 11.0. The molecule has 3 heteroatoms. The van der Waals surface area contributed by atoms with E-state index in [4.69, 9.17) is 9.47 Å². The van der Waals surface area contributed by atoms with Crippen molar-refractivity contribution in [1.29, 1.82) is 0 Å². The van der Waals surface area contributed by atoms with Crippen LogP contribution >= 0.6 is 0 Å². The van der Waals surface area contributed by atoms with E-state index in [1.807, 2.05) is 19.1 Å². The Bertz CT molecular complexity index is 444. The van der Waals surface area contributed by atoms with Gasteiger partial charge in [0.05, 0.1) is 12.2 Å². The minimum Gasteiger partial charge on any atom is -0.494 e. The lowest BCUT2D eigenvalue weighted by Crippen LogP contribution is -2.24. The first-order valence-corrected chi connectivity index (χ1v) is 8.66. The van der Waals surface area contributed by atoms with Crippen molar-refractivity contribution in [3.8, 4) is 5.75 Å². The van der Waals surface area contributed by atoms with Crippen LogP contribution in [-0.4, -0.2) is 18.7 Å². The predicted molar refractivity (Wildman–Crippen MR) is 88.3 cm³/mol. The molecule has 0 N–H and O–H groups in total. The largest absolute Gasteiger partial charge is 0.494 e. The highest BCUT2D eigenvalue weighted by Crippen LogP contribution is 2.30. The molecule has 0 unspecified atom stereocenters. The van der Waals surface area contributed by atoms with Gasteiger partial charge in [0.15, 0.2) is 0 Å². The van der Waals surface area contributed by atoms with E-state index in [2.05, 4.69) is 6.92 Å². The second kappa shape index (κ2) is 8.82. The normalized spacial score (nSPS) is 21.4. The molecule has 22 heavy (non-hydrogen) atoms. The molecule has 0 amide bonds. The standard InChI is InChI=1S/C19H28O3/c1-3-5-6-15-7-11-18(12-8-15)22-19(20)16-9-13-17(14-10-16)21-4-2/h9-10,13-15,18H,3-8,11-12H2,1-2H3. The summed E-state index contributed by atoms with van der Waals surface area (Å²) in [4.78, 5) is 12.2.